The maximum Gasteiger partial charge on any atom is 0.266 e. The Morgan fingerprint density at radius 2 is 1.94 bits per heavy atom. The number of hydrogen-bond donors (Lipinski definition) is 1. The van der Waals surface area contributed by atoms with Crippen molar-refractivity contribution < 1.29 is 4.79 Å². The molecule has 0 spiro atoms. The average Bonchev–Trinajstić information content (AvgIpc) is 3.29. The summed E-state index contributed by atoms with van der Waals surface area (Å²) in [4.78, 5) is 14.1. The number of anilines is 1. The van der Waals surface area contributed by atoms with Gasteiger partial charge in [-0.2, -0.15) is 10.5 Å². The molecular weight excluding hydrogens is 452 g/mol. The van der Waals surface area contributed by atoms with Gasteiger partial charge in [0.05, 0.1) is 5.56 Å². The molecule has 166 valence electrons. The Morgan fingerprint density at radius 3 is 2.67 bits per heavy atom. The van der Waals surface area contributed by atoms with Crippen molar-refractivity contribution in [1.82, 2.24) is 4.57 Å². The molecule has 1 N–H and O–H groups in total. The fourth-order valence-electron chi connectivity index (χ4n) is 4.29. The summed E-state index contributed by atoms with van der Waals surface area (Å²) >= 11 is 7.73. The molecule has 3 aromatic rings. The standard InChI is InChI=1S/C26H23ClN4OS/c1-15-8-9-20(27)12-23(15)30-25(32)19(13-28)11-18-10-16(2)31(17(18)3)26-22(14-29)21-6-4-5-7-24(21)33-26/h8-12H,4-7H2,1-3H3,(H,30,32)/b19-11+. The Bertz CT molecular complexity index is 1380. The molecule has 1 amide bonds. The number of hydrogen-bond acceptors (Lipinski definition) is 4. The second kappa shape index (κ2) is 9.27. The summed E-state index contributed by atoms with van der Waals surface area (Å²) in [5, 5.41) is 23.8. The van der Waals surface area contributed by atoms with Crippen LogP contribution in [0.1, 0.15) is 51.4 Å². The molecule has 0 saturated heterocycles. The number of fused-ring (bicyclic) bond motifs is 1. The van der Waals surface area contributed by atoms with Crippen LogP contribution in [0.4, 0.5) is 5.69 Å². The molecule has 1 aliphatic rings. The van der Waals surface area contributed by atoms with E-state index < -0.39 is 5.91 Å². The molecular formula is C26H23ClN4OS. The highest BCUT2D eigenvalue weighted by molar-refractivity contribution is 7.15. The zero-order chi connectivity index (χ0) is 23.7. The van der Waals surface area contributed by atoms with Crippen molar-refractivity contribution in [3.63, 3.8) is 0 Å². The number of nitrogens with zero attached hydrogens (tertiary/aromatic N) is 3. The molecule has 2 heterocycles. The molecule has 0 aliphatic heterocycles. The fourth-order valence-corrected chi connectivity index (χ4v) is 5.92. The Balaban J connectivity index is 1.71. The first-order valence-electron chi connectivity index (χ1n) is 10.8. The second-order valence-electron chi connectivity index (χ2n) is 8.25. The van der Waals surface area contributed by atoms with Crippen LogP contribution in [-0.4, -0.2) is 10.5 Å². The highest BCUT2D eigenvalue weighted by Gasteiger charge is 2.24. The van der Waals surface area contributed by atoms with E-state index >= 15 is 0 Å². The van der Waals surface area contributed by atoms with Gasteiger partial charge in [-0.05, 0) is 87.4 Å². The number of aromatic nitrogens is 1. The van der Waals surface area contributed by atoms with E-state index in [2.05, 4.69) is 16.0 Å². The second-order valence-corrected chi connectivity index (χ2v) is 9.77. The van der Waals surface area contributed by atoms with Crippen LogP contribution in [0.2, 0.25) is 5.02 Å². The summed E-state index contributed by atoms with van der Waals surface area (Å²) in [6.07, 6.45) is 5.84. The lowest BCUT2D eigenvalue weighted by Crippen LogP contribution is -2.14. The Morgan fingerprint density at radius 1 is 1.18 bits per heavy atom. The molecule has 4 rings (SSSR count). The van der Waals surface area contributed by atoms with E-state index in [1.54, 1.807) is 29.5 Å². The molecule has 5 nitrogen and oxygen atoms in total. The van der Waals surface area contributed by atoms with Crippen molar-refractivity contribution >= 4 is 40.6 Å². The molecule has 2 aromatic heterocycles. The number of halogens is 1. The van der Waals surface area contributed by atoms with Crippen molar-refractivity contribution in [3.8, 4) is 17.1 Å². The third-order valence-electron chi connectivity index (χ3n) is 6.05. The van der Waals surface area contributed by atoms with Gasteiger partial charge in [-0.15, -0.1) is 11.3 Å². The maximum atomic E-state index is 12.8. The summed E-state index contributed by atoms with van der Waals surface area (Å²) in [7, 11) is 0. The molecule has 1 aliphatic carbocycles. The quantitative estimate of drug-likeness (QED) is 0.350. The van der Waals surface area contributed by atoms with Crippen LogP contribution >= 0.6 is 22.9 Å². The van der Waals surface area contributed by atoms with Crippen LogP contribution in [0.25, 0.3) is 11.1 Å². The summed E-state index contributed by atoms with van der Waals surface area (Å²) in [5.74, 6) is -0.489. The van der Waals surface area contributed by atoms with Gasteiger partial charge in [0.2, 0.25) is 0 Å². The first-order valence-corrected chi connectivity index (χ1v) is 12.0. The number of aryl methyl sites for hydroxylation is 3. The number of rotatable bonds is 4. The van der Waals surface area contributed by atoms with Crippen LogP contribution in [0.5, 0.6) is 0 Å². The summed E-state index contributed by atoms with van der Waals surface area (Å²) in [6.45, 7) is 5.79. The normalized spacial score (nSPS) is 13.2. The molecule has 33 heavy (non-hydrogen) atoms. The topological polar surface area (TPSA) is 81.6 Å². The van der Waals surface area contributed by atoms with Crippen molar-refractivity contribution in [2.75, 3.05) is 5.32 Å². The van der Waals surface area contributed by atoms with Crippen molar-refractivity contribution in [2.24, 2.45) is 0 Å². The minimum absolute atomic E-state index is 0.000561. The van der Waals surface area contributed by atoms with Gasteiger partial charge in [0, 0.05) is 27.0 Å². The molecule has 1 aromatic carbocycles. The van der Waals surface area contributed by atoms with Gasteiger partial charge in [-0.25, -0.2) is 0 Å². The van der Waals surface area contributed by atoms with Gasteiger partial charge in [0.25, 0.3) is 5.91 Å². The fraction of sp³-hybridized carbons (Fsp3) is 0.269. The van der Waals surface area contributed by atoms with Crippen LogP contribution in [-0.2, 0) is 17.6 Å². The summed E-state index contributed by atoms with van der Waals surface area (Å²) < 4.78 is 2.07. The smallest absolute Gasteiger partial charge is 0.266 e. The minimum atomic E-state index is -0.489. The lowest BCUT2D eigenvalue weighted by Gasteiger charge is -2.10. The van der Waals surface area contributed by atoms with Crippen LogP contribution in [0.15, 0.2) is 29.8 Å². The van der Waals surface area contributed by atoms with Gasteiger partial charge >= 0.3 is 0 Å². The third kappa shape index (κ3) is 4.33. The van der Waals surface area contributed by atoms with E-state index in [9.17, 15) is 15.3 Å². The number of nitriles is 2. The first kappa shape index (κ1) is 22.9. The number of benzene rings is 1. The molecule has 0 fully saturated rings. The third-order valence-corrected chi connectivity index (χ3v) is 7.56. The lowest BCUT2D eigenvalue weighted by molar-refractivity contribution is -0.112. The molecule has 0 bridgehead atoms. The zero-order valence-corrected chi connectivity index (χ0v) is 20.3. The summed E-state index contributed by atoms with van der Waals surface area (Å²) in [5.41, 5.74) is 5.98. The zero-order valence-electron chi connectivity index (χ0n) is 18.8. The largest absolute Gasteiger partial charge is 0.321 e. The minimum Gasteiger partial charge on any atom is -0.321 e. The van der Waals surface area contributed by atoms with Crippen molar-refractivity contribution in [1.29, 1.82) is 10.5 Å². The van der Waals surface area contributed by atoms with Crippen LogP contribution < -0.4 is 5.32 Å². The first-order chi connectivity index (χ1) is 15.8. The predicted octanol–water partition coefficient (Wildman–Crippen LogP) is 6.41. The Hall–Kier alpha value is -3.32. The monoisotopic (exact) mass is 474 g/mol. The number of nitrogens with one attached hydrogen (secondary N) is 1. The number of thiophene rings is 1. The van der Waals surface area contributed by atoms with Crippen molar-refractivity contribution in [3.05, 3.63) is 73.4 Å². The van der Waals surface area contributed by atoms with E-state index in [4.69, 9.17) is 11.6 Å². The van der Waals surface area contributed by atoms with Crippen LogP contribution in [0.3, 0.4) is 0 Å². The van der Waals surface area contributed by atoms with Gasteiger partial charge in [0.1, 0.15) is 22.7 Å². The summed E-state index contributed by atoms with van der Waals surface area (Å²) in [6, 6.07) is 11.6. The molecule has 0 atom stereocenters. The van der Waals surface area contributed by atoms with Crippen molar-refractivity contribution in [2.45, 2.75) is 46.5 Å². The number of carbonyl (C=O) groups excluding carboxylic acids is 1. The average molecular weight is 475 g/mol. The SMILES string of the molecule is Cc1ccc(Cl)cc1NC(=O)/C(C#N)=C/c1cc(C)n(-c2sc3c(c2C#N)CCCC3)c1C. The van der Waals surface area contributed by atoms with E-state index in [1.807, 2.05) is 39.0 Å². The predicted molar refractivity (Wildman–Crippen MR) is 133 cm³/mol. The molecule has 7 heteroatoms. The Kier molecular flexibility index (Phi) is 6.42. The lowest BCUT2D eigenvalue weighted by atomic mass is 9.96. The molecule has 0 unspecified atom stereocenters. The highest BCUT2D eigenvalue weighted by Crippen LogP contribution is 2.38. The number of carbonyl (C=O) groups is 1. The highest BCUT2D eigenvalue weighted by atomic mass is 35.5. The van der Waals surface area contributed by atoms with E-state index in [1.165, 1.54) is 10.4 Å². The van der Waals surface area contributed by atoms with E-state index in [-0.39, 0.29) is 5.57 Å². The number of amides is 1. The molecule has 0 saturated carbocycles. The van der Waals surface area contributed by atoms with Gasteiger partial charge in [0.15, 0.2) is 0 Å². The maximum absolute atomic E-state index is 12.8. The van der Waals surface area contributed by atoms with Gasteiger partial charge < -0.3 is 9.88 Å². The van der Waals surface area contributed by atoms with Gasteiger partial charge in [-0.3, -0.25) is 4.79 Å². The van der Waals surface area contributed by atoms with Crippen LogP contribution in [0, 0.1) is 43.4 Å². The molecule has 0 radical (unpaired) electrons. The van der Waals surface area contributed by atoms with Gasteiger partial charge in [-0.1, -0.05) is 17.7 Å². The Labute approximate surface area is 202 Å². The van der Waals surface area contributed by atoms with E-state index in [0.29, 0.717) is 10.7 Å². The van der Waals surface area contributed by atoms with E-state index in [0.717, 1.165) is 58.8 Å².